The lowest BCUT2D eigenvalue weighted by Gasteiger charge is -2.33. The molecule has 96 valence electrons. The SMILES string of the molecule is CCN(c1ccc(N)cc1C)C(C)CN(C)C. The minimum absolute atomic E-state index is 0.498. The van der Waals surface area contributed by atoms with E-state index < -0.39 is 0 Å². The number of nitrogen functional groups attached to an aromatic ring is 1. The Morgan fingerprint density at radius 1 is 1.29 bits per heavy atom. The molecule has 2 N–H and O–H groups in total. The molecule has 3 heteroatoms. The van der Waals surface area contributed by atoms with Crippen molar-refractivity contribution in [2.45, 2.75) is 26.8 Å². The number of hydrogen-bond acceptors (Lipinski definition) is 3. The van der Waals surface area contributed by atoms with Crippen molar-refractivity contribution < 1.29 is 0 Å². The molecule has 1 aromatic rings. The van der Waals surface area contributed by atoms with E-state index in [0.717, 1.165) is 18.8 Å². The second kappa shape index (κ2) is 5.92. The zero-order chi connectivity index (χ0) is 13.0. The average Bonchev–Trinajstić information content (AvgIpc) is 2.21. The van der Waals surface area contributed by atoms with Crippen LogP contribution in [0, 0.1) is 6.92 Å². The van der Waals surface area contributed by atoms with Crippen LogP contribution < -0.4 is 10.6 Å². The van der Waals surface area contributed by atoms with Crippen molar-refractivity contribution in [3.05, 3.63) is 23.8 Å². The third-order valence-electron chi connectivity index (χ3n) is 3.03. The van der Waals surface area contributed by atoms with Crippen LogP contribution in [0.4, 0.5) is 11.4 Å². The number of benzene rings is 1. The van der Waals surface area contributed by atoms with Crippen molar-refractivity contribution in [1.82, 2.24) is 4.90 Å². The van der Waals surface area contributed by atoms with E-state index in [1.807, 2.05) is 12.1 Å². The Bertz CT molecular complexity index is 360. The first-order chi connectivity index (χ1) is 7.95. The molecule has 3 nitrogen and oxygen atoms in total. The van der Waals surface area contributed by atoms with Crippen molar-refractivity contribution in [1.29, 1.82) is 0 Å². The summed E-state index contributed by atoms with van der Waals surface area (Å²) in [6, 6.07) is 6.64. The molecular weight excluding hydrogens is 210 g/mol. The Morgan fingerprint density at radius 3 is 2.41 bits per heavy atom. The maximum Gasteiger partial charge on any atom is 0.0400 e. The maximum atomic E-state index is 5.80. The second-order valence-electron chi connectivity index (χ2n) is 4.94. The lowest BCUT2D eigenvalue weighted by molar-refractivity contribution is 0.373. The lowest BCUT2D eigenvalue weighted by Crippen LogP contribution is -2.40. The van der Waals surface area contributed by atoms with E-state index in [9.17, 15) is 0 Å². The van der Waals surface area contributed by atoms with Crippen LogP contribution >= 0.6 is 0 Å². The van der Waals surface area contributed by atoms with E-state index in [4.69, 9.17) is 5.73 Å². The number of likely N-dealkylation sites (N-methyl/N-ethyl adjacent to an activating group) is 2. The molecule has 0 aliphatic carbocycles. The first kappa shape index (κ1) is 13.8. The van der Waals surface area contributed by atoms with E-state index in [0.29, 0.717) is 6.04 Å². The highest BCUT2D eigenvalue weighted by Gasteiger charge is 2.15. The fourth-order valence-corrected chi connectivity index (χ4v) is 2.35. The predicted molar refractivity (Wildman–Crippen MR) is 76.6 cm³/mol. The van der Waals surface area contributed by atoms with Gasteiger partial charge in [-0.3, -0.25) is 0 Å². The molecule has 0 saturated heterocycles. The third kappa shape index (κ3) is 3.63. The quantitative estimate of drug-likeness (QED) is 0.795. The van der Waals surface area contributed by atoms with Gasteiger partial charge in [0.05, 0.1) is 0 Å². The van der Waals surface area contributed by atoms with Crippen molar-refractivity contribution in [2.75, 3.05) is 37.8 Å². The van der Waals surface area contributed by atoms with Crippen molar-refractivity contribution in [3.8, 4) is 0 Å². The summed E-state index contributed by atoms with van der Waals surface area (Å²) in [5.74, 6) is 0. The van der Waals surface area contributed by atoms with Gasteiger partial charge in [-0.2, -0.15) is 0 Å². The Morgan fingerprint density at radius 2 is 1.94 bits per heavy atom. The smallest absolute Gasteiger partial charge is 0.0400 e. The maximum absolute atomic E-state index is 5.80. The average molecular weight is 235 g/mol. The Kier molecular flexibility index (Phi) is 4.82. The summed E-state index contributed by atoms with van der Waals surface area (Å²) in [5.41, 5.74) is 9.17. The van der Waals surface area contributed by atoms with Crippen LogP contribution in [0.2, 0.25) is 0 Å². The van der Waals surface area contributed by atoms with E-state index in [1.165, 1.54) is 11.3 Å². The van der Waals surface area contributed by atoms with Crippen LogP contribution in [0.25, 0.3) is 0 Å². The molecule has 0 radical (unpaired) electrons. The summed E-state index contributed by atoms with van der Waals surface area (Å²) < 4.78 is 0. The van der Waals surface area contributed by atoms with Gasteiger partial charge < -0.3 is 15.5 Å². The van der Waals surface area contributed by atoms with E-state index >= 15 is 0 Å². The van der Waals surface area contributed by atoms with Crippen LogP contribution in [0.3, 0.4) is 0 Å². The van der Waals surface area contributed by atoms with Gasteiger partial charge in [0.15, 0.2) is 0 Å². The highest BCUT2D eigenvalue weighted by atomic mass is 15.2. The van der Waals surface area contributed by atoms with Crippen LogP contribution in [0.5, 0.6) is 0 Å². The van der Waals surface area contributed by atoms with Gasteiger partial charge in [0.1, 0.15) is 0 Å². The van der Waals surface area contributed by atoms with E-state index in [2.05, 4.69) is 50.7 Å². The second-order valence-corrected chi connectivity index (χ2v) is 4.94. The van der Waals surface area contributed by atoms with Crippen molar-refractivity contribution in [2.24, 2.45) is 0 Å². The zero-order valence-corrected chi connectivity index (χ0v) is 11.7. The predicted octanol–water partition coefficient (Wildman–Crippen LogP) is 2.35. The Balaban J connectivity index is 2.93. The molecule has 0 spiro atoms. The molecule has 0 fully saturated rings. The molecule has 0 amide bonds. The Hall–Kier alpha value is -1.22. The topological polar surface area (TPSA) is 32.5 Å². The summed E-state index contributed by atoms with van der Waals surface area (Å²) in [7, 11) is 4.22. The van der Waals surface area contributed by atoms with Gasteiger partial charge in [-0.05, 0) is 58.6 Å². The first-order valence-electron chi connectivity index (χ1n) is 6.23. The van der Waals surface area contributed by atoms with E-state index in [-0.39, 0.29) is 0 Å². The molecule has 17 heavy (non-hydrogen) atoms. The molecule has 0 aromatic heterocycles. The van der Waals surface area contributed by atoms with Crippen molar-refractivity contribution >= 4 is 11.4 Å². The van der Waals surface area contributed by atoms with Gasteiger partial charge in [0.25, 0.3) is 0 Å². The number of nitrogens with two attached hydrogens (primary N) is 1. The molecule has 1 rings (SSSR count). The summed E-state index contributed by atoms with van der Waals surface area (Å²) >= 11 is 0. The number of hydrogen-bond donors (Lipinski definition) is 1. The number of anilines is 2. The lowest BCUT2D eigenvalue weighted by atomic mass is 10.1. The summed E-state index contributed by atoms with van der Waals surface area (Å²) in [5, 5.41) is 0. The highest BCUT2D eigenvalue weighted by Crippen LogP contribution is 2.24. The van der Waals surface area contributed by atoms with Gasteiger partial charge in [-0.1, -0.05) is 0 Å². The van der Waals surface area contributed by atoms with Gasteiger partial charge in [-0.15, -0.1) is 0 Å². The van der Waals surface area contributed by atoms with Crippen LogP contribution in [-0.2, 0) is 0 Å². The molecule has 1 atom stereocenters. The molecule has 1 unspecified atom stereocenters. The van der Waals surface area contributed by atoms with Gasteiger partial charge in [0.2, 0.25) is 0 Å². The summed E-state index contributed by atoms with van der Waals surface area (Å²) in [6.45, 7) is 8.65. The minimum Gasteiger partial charge on any atom is -0.399 e. The fourth-order valence-electron chi connectivity index (χ4n) is 2.35. The minimum atomic E-state index is 0.498. The standard InChI is InChI=1S/C14H25N3/c1-6-17(12(3)10-16(4)5)14-8-7-13(15)9-11(14)2/h7-9,12H,6,10,15H2,1-5H3. The van der Waals surface area contributed by atoms with E-state index in [1.54, 1.807) is 0 Å². The molecule has 0 heterocycles. The monoisotopic (exact) mass is 235 g/mol. The van der Waals surface area contributed by atoms with Crippen molar-refractivity contribution in [3.63, 3.8) is 0 Å². The van der Waals surface area contributed by atoms with Crippen LogP contribution in [0.1, 0.15) is 19.4 Å². The third-order valence-corrected chi connectivity index (χ3v) is 3.03. The largest absolute Gasteiger partial charge is 0.399 e. The molecule has 1 aromatic carbocycles. The molecular formula is C14H25N3. The van der Waals surface area contributed by atoms with Crippen LogP contribution in [0.15, 0.2) is 18.2 Å². The fraction of sp³-hybridized carbons (Fsp3) is 0.571. The summed E-state index contributed by atoms with van der Waals surface area (Å²) in [6.07, 6.45) is 0. The number of aryl methyl sites for hydroxylation is 1. The summed E-state index contributed by atoms with van der Waals surface area (Å²) in [4.78, 5) is 4.65. The van der Waals surface area contributed by atoms with Gasteiger partial charge in [0, 0.05) is 30.5 Å². The molecule has 0 aliphatic heterocycles. The van der Waals surface area contributed by atoms with Gasteiger partial charge >= 0.3 is 0 Å². The van der Waals surface area contributed by atoms with Gasteiger partial charge in [-0.25, -0.2) is 0 Å². The molecule has 0 aliphatic rings. The normalized spacial score (nSPS) is 12.8. The zero-order valence-electron chi connectivity index (χ0n) is 11.7. The first-order valence-corrected chi connectivity index (χ1v) is 6.23. The molecule has 0 saturated carbocycles. The number of rotatable bonds is 5. The molecule has 0 bridgehead atoms. The van der Waals surface area contributed by atoms with Crippen LogP contribution in [-0.4, -0.2) is 38.1 Å². The number of nitrogens with zero attached hydrogens (tertiary/aromatic N) is 2. The highest BCUT2D eigenvalue weighted by molar-refractivity contribution is 5.59. The Labute approximate surface area is 105 Å².